The number of carbonyl (C=O) groups is 1. The van der Waals surface area contributed by atoms with E-state index in [1.807, 2.05) is 0 Å². The van der Waals surface area contributed by atoms with Crippen LogP contribution in [0.15, 0.2) is 29.2 Å². The molecule has 2 N–H and O–H groups in total. The molecule has 1 heterocycles. The fraction of sp³-hybridized carbons (Fsp3) is 0.462. The van der Waals surface area contributed by atoms with Gasteiger partial charge in [0.25, 0.3) is 5.91 Å². The summed E-state index contributed by atoms with van der Waals surface area (Å²) in [7, 11) is -2.12. The molecule has 20 heavy (non-hydrogen) atoms. The van der Waals surface area contributed by atoms with Gasteiger partial charge in [-0.2, -0.15) is 0 Å². The van der Waals surface area contributed by atoms with Gasteiger partial charge in [0, 0.05) is 24.6 Å². The van der Waals surface area contributed by atoms with Gasteiger partial charge >= 0.3 is 0 Å². The molecule has 1 aliphatic rings. The Hall–Kier alpha value is -1.44. The Morgan fingerprint density at radius 3 is 2.60 bits per heavy atom. The van der Waals surface area contributed by atoms with Gasteiger partial charge in [-0.15, -0.1) is 0 Å². The predicted molar refractivity (Wildman–Crippen MR) is 73.9 cm³/mol. The minimum Gasteiger partial charge on any atom is -0.381 e. The molecule has 0 radical (unpaired) electrons. The van der Waals surface area contributed by atoms with Crippen LogP contribution in [0.5, 0.6) is 0 Å². The van der Waals surface area contributed by atoms with Crippen molar-refractivity contribution in [1.82, 2.24) is 10.0 Å². The summed E-state index contributed by atoms with van der Waals surface area (Å²) in [4.78, 5) is 12.1. The van der Waals surface area contributed by atoms with Crippen LogP contribution in [0.1, 0.15) is 16.8 Å². The van der Waals surface area contributed by atoms with Crippen LogP contribution in [0.25, 0.3) is 0 Å². The maximum Gasteiger partial charge on any atom is 0.251 e. The molecule has 110 valence electrons. The van der Waals surface area contributed by atoms with E-state index < -0.39 is 10.0 Å². The van der Waals surface area contributed by atoms with Crippen LogP contribution in [0.3, 0.4) is 0 Å². The lowest BCUT2D eigenvalue weighted by Crippen LogP contribution is -2.29. The first kappa shape index (κ1) is 15.0. The van der Waals surface area contributed by atoms with Gasteiger partial charge in [0.05, 0.1) is 11.5 Å². The van der Waals surface area contributed by atoms with Crippen LogP contribution < -0.4 is 10.0 Å². The fourth-order valence-electron chi connectivity index (χ4n) is 1.99. The first-order valence-electron chi connectivity index (χ1n) is 6.42. The Morgan fingerprint density at radius 1 is 1.35 bits per heavy atom. The summed E-state index contributed by atoms with van der Waals surface area (Å²) in [5, 5.41) is 2.83. The van der Waals surface area contributed by atoms with Crippen molar-refractivity contribution in [2.45, 2.75) is 11.3 Å². The highest BCUT2D eigenvalue weighted by atomic mass is 32.2. The predicted octanol–water partition coefficient (Wildman–Crippen LogP) is 0.361. The maximum atomic E-state index is 11.9. The standard InChI is InChI=1S/C13H18N2O4S/c1-14-20(17,18)12-4-2-11(3-5-12)13(16)15-8-10-6-7-19-9-10/h2-5,10,14H,6-9H2,1H3,(H,15,16). The zero-order chi connectivity index (χ0) is 14.6. The van der Waals surface area contributed by atoms with Crippen LogP contribution in [0.2, 0.25) is 0 Å². The van der Waals surface area contributed by atoms with E-state index in [1.54, 1.807) is 0 Å². The molecular formula is C13H18N2O4S. The van der Waals surface area contributed by atoms with E-state index in [0.717, 1.165) is 13.0 Å². The van der Waals surface area contributed by atoms with E-state index in [0.29, 0.717) is 24.6 Å². The first-order chi connectivity index (χ1) is 9.53. The van der Waals surface area contributed by atoms with Gasteiger partial charge in [0.15, 0.2) is 0 Å². The van der Waals surface area contributed by atoms with Crippen molar-refractivity contribution in [2.75, 3.05) is 26.8 Å². The Kier molecular flexibility index (Phi) is 4.74. The number of ether oxygens (including phenoxy) is 1. The van der Waals surface area contributed by atoms with Gasteiger partial charge in [-0.3, -0.25) is 4.79 Å². The minimum atomic E-state index is -3.46. The number of nitrogens with one attached hydrogen (secondary N) is 2. The molecule has 0 bridgehead atoms. The van der Waals surface area contributed by atoms with Crippen LogP contribution in [-0.2, 0) is 14.8 Å². The molecule has 0 saturated carbocycles. The molecule has 2 rings (SSSR count). The maximum absolute atomic E-state index is 11.9. The van der Waals surface area contributed by atoms with Gasteiger partial charge in [0.1, 0.15) is 0 Å². The average molecular weight is 298 g/mol. The summed E-state index contributed by atoms with van der Waals surface area (Å²) < 4.78 is 30.6. The Balaban J connectivity index is 1.97. The van der Waals surface area contributed by atoms with Crippen molar-refractivity contribution >= 4 is 15.9 Å². The molecule has 1 aromatic carbocycles. The zero-order valence-corrected chi connectivity index (χ0v) is 12.1. The second-order valence-electron chi connectivity index (χ2n) is 4.67. The quantitative estimate of drug-likeness (QED) is 0.822. The van der Waals surface area contributed by atoms with Crippen molar-refractivity contribution in [3.05, 3.63) is 29.8 Å². The molecule has 6 nitrogen and oxygen atoms in total. The topological polar surface area (TPSA) is 84.5 Å². The Morgan fingerprint density at radius 2 is 2.05 bits per heavy atom. The normalized spacial score (nSPS) is 18.9. The van der Waals surface area contributed by atoms with Crippen LogP contribution in [0, 0.1) is 5.92 Å². The molecule has 1 fully saturated rings. The molecule has 0 aliphatic carbocycles. The van der Waals surface area contributed by atoms with E-state index >= 15 is 0 Å². The van der Waals surface area contributed by atoms with E-state index in [9.17, 15) is 13.2 Å². The molecular weight excluding hydrogens is 280 g/mol. The monoisotopic (exact) mass is 298 g/mol. The second kappa shape index (κ2) is 6.34. The highest BCUT2D eigenvalue weighted by Gasteiger charge is 2.17. The molecule has 1 atom stereocenters. The SMILES string of the molecule is CNS(=O)(=O)c1ccc(C(=O)NCC2CCOC2)cc1. The molecule has 7 heteroatoms. The first-order valence-corrected chi connectivity index (χ1v) is 7.91. The van der Waals surface area contributed by atoms with E-state index in [2.05, 4.69) is 10.0 Å². The lowest BCUT2D eigenvalue weighted by Gasteiger charge is -2.10. The Bertz CT molecular complexity index is 563. The number of carbonyl (C=O) groups excluding carboxylic acids is 1. The van der Waals surface area contributed by atoms with Crippen LogP contribution in [0.4, 0.5) is 0 Å². The molecule has 0 aromatic heterocycles. The van der Waals surface area contributed by atoms with Gasteiger partial charge in [0.2, 0.25) is 10.0 Å². The highest BCUT2D eigenvalue weighted by molar-refractivity contribution is 7.89. The highest BCUT2D eigenvalue weighted by Crippen LogP contribution is 2.12. The van der Waals surface area contributed by atoms with E-state index in [4.69, 9.17) is 4.74 Å². The van der Waals surface area contributed by atoms with Crippen molar-refractivity contribution < 1.29 is 17.9 Å². The third kappa shape index (κ3) is 3.56. The number of benzene rings is 1. The summed E-state index contributed by atoms with van der Waals surface area (Å²) in [5.41, 5.74) is 0.443. The largest absolute Gasteiger partial charge is 0.381 e. The number of hydrogen-bond acceptors (Lipinski definition) is 4. The number of sulfonamides is 1. The average Bonchev–Trinajstić information content (AvgIpc) is 2.98. The smallest absolute Gasteiger partial charge is 0.251 e. The van der Waals surface area contributed by atoms with Gasteiger partial charge in [-0.1, -0.05) is 0 Å². The van der Waals surface area contributed by atoms with Crippen molar-refractivity contribution in [1.29, 1.82) is 0 Å². The number of amides is 1. The molecule has 1 aromatic rings. The van der Waals surface area contributed by atoms with Gasteiger partial charge in [-0.05, 0) is 37.7 Å². The Labute approximate surface area is 118 Å². The molecule has 1 aliphatic heterocycles. The summed E-state index contributed by atoms with van der Waals surface area (Å²) in [6.45, 7) is 2.01. The molecule has 1 amide bonds. The molecule has 1 saturated heterocycles. The third-order valence-corrected chi connectivity index (χ3v) is 4.70. The van der Waals surface area contributed by atoms with Gasteiger partial charge in [-0.25, -0.2) is 13.1 Å². The minimum absolute atomic E-state index is 0.140. The third-order valence-electron chi connectivity index (χ3n) is 3.27. The van der Waals surface area contributed by atoms with E-state index in [1.165, 1.54) is 31.3 Å². The van der Waals surface area contributed by atoms with Crippen molar-refractivity contribution in [3.63, 3.8) is 0 Å². The summed E-state index contributed by atoms with van der Waals surface area (Å²) in [6, 6.07) is 5.84. The van der Waals surface area contributed by atoms with Gasteiger partial charge < -0.3 is 10.1 Å². The number of rotatable bonds is 5. The summed E-state index contributed by atoms with van der Waals surface area (Å²) in [5.74, 6) is 0.160. The summed E-state index contributed by atoms with van der Waals surface area (Å²) in [6.07, 6.45) is 0.958. The van der Waals surface area contributed by atoms with Crippen LogP contribution >= 0.6 is 0 Å². The lowest BCUT2D eigenvalue weighted by molar-refractivity contribution is 0.0945. The van der Waals surface area contributed by atoms with Crippen LogP contribution in [-0.4, -0.2) is 41.1 Å². The number of hydrogen-bond donors (Lipinski definition) is 2. The van der Waals surface area contributed by atoms with Crippen molar-refractivity contribution in [2.24, 2.45) is 5.92 Å². The molecule has 0 spiro atoms. The fourth-order valence-corrected chi connectivity index (χ4v) is 2.72. The lowest BCUT2D eigenvalue weighted by atomic mass is 10.1. The zero-order valence-electron chi connectivity index (χ0n) is 11.3. The summed E-state index contributed by atoms with van der Waals surface area (Å²) >= 11 is 0. The second-order valence-corrected chi connectivity index (χ2v) is 6.56. The van der Waals surface area contributed by atoms with E-state index in [-0.39, 0.29) is 10.8 Å². The van der Waals surface area contributed by atoms with Crippen molar-refractivity contribution in [3.8, 4) is 0 Å². The molecule has 1 unspecified atom stereocenters.